The van der Waals surface area contributed by atoms with Crippen LogP contribution in [0.2, 0.25) is 0 Å². The third kappa shape index (κ3) is 5.49. The van der Waals surface area contributed by atoms with E-state index in [1.165, 1.54) is 12.1 Å². The van der Waals surface area contributed by atoms with Crippen molar-refractivity contribution in [2.24, 2.45) is 5.92 Å². The first kappa shape index (κ1) is 22.6. The molecule has 0 radical (unpaired) electrons. The third-order valence-electron chi connectivity index (χ3n) is 5.96. The molecular weight excluding hydrogens is 448 g/mol. The predicted molar refractivity (Wildman–Crippen MR) is 128 cm³/mol. The Morgan fingerprint density at radius 1 is 1.17 bits per heavy atom. The van der Waals surface area contributed by atoms with Gasteiger partial charge in [-0.15, -0.1) is 0 Å². The lowest BCUT2D eigenvalue weighted by Crippen LogP contribution is -2.32. The smallest absolute Gasteiger partial charge is 0.225 e. The second-order valence-corrected chi connectivity index (χ2v) is 8.80. The summed E-state index contributed by atoms with van der Waals surface area (Å²) in [7, 11) is 0. The van der Waals surface area contributed by atoms with Crippen LogP contribution >= 0.6 is 0 Å². The lowest BCUT2D eigenvalue weighted by Gasteiger charge is -2.20. The van der Waals surface area contributed by atoms with Crippen molar-refractivity contribution in [1.82, 2.24) is 15.3 Å². The topological polar surface area (TPSA) is 78.0 Å². The van der Waals surface area contributed by atoms with Gasteiger partial charge in [-0.25, -0.2) is 8.78 Å². The molecule has 7 heteroatoms. The second-order valence-electron chi connectivity index (χ2n) is 8.80. The van der Waals surface area contributed by atoms with Crippen molar-refractivity contribution in [3.8, 4) is 17.6 Å². The number of nitrogens with one attached hydrogen (secondary N) is 2. The highest BCUT2D eigenvalue weighted by molar-refractivity contribution is 5.89. The Morgan fingerprint density at radius 2 is 1.97 bits per heavy atom. The first-order valence-corrected chi connectivity index (χ1v) is 11.4. The van der Waals surface area contributed by atoms with Crippen LogP contribution in [0.15, 0.2) is 60.9 Å². The number of nitrogens with zero attached hydrogens (tertiary/aromatic N) is 1. The summed E-state index contributed by atoms with van der Waals surface area (Å²) in [6.45, 7) is 0. The molecule has 1 aliphatic carbocycles. The predicted octanol–water partition coefficient (Wildman–Crippen LogP) is 4.95. The molecule has 1 unspecified atom stereocenters. The Balaban J connectivity index is 1.44. The number of amides is 1. The van der Waals surface area contributed by atoms with Gasteiger partial charge >= 0.3 is 0 Å². The van der Waals surface area contributed by atoms with Gasteiger partial charge in [0.1, 0.15) is 17.4 Å². The van der Waals surface area contributed by atoms with Gasteiger partial charge in [-0.05, 0) is 72.9 Å². The summed E-state index contributed by atoms with van der Waals surface area (Å²) in [6.07, 6.45) is 5.69. The number of carbonyl (C=O) groups excluding carboxylic acids is 1. The summed E-state index contributed by atoms with van der Waals surface area (Å²) in [5.41, 5.74) is 3.16. The third-order valence-corrected chi connectivity index (χ3v) is 5.96. The molecule has 1 saturated carbocycles. The van der Waals surface area contributed by atoms with Gasteiger partial charge in [0.25, 0.3) is 0 Å². The summed E-state index contributed by atoms with van der Waals surface area (Å²) >= 11 is 0. The zero-order valence-corrected chi connectivity index (χ0v) is 18.8. The van der Waals surface area contributed by atoms with Crippen molar-refractivity contribution < 1.29 is 18.7 Å². The number of H-pyrrole nitrogens is 1. The van der Waals surface area contributed by atoms with Crippen LogP contribution in [0.4, 0.5) is 8.78 Å². The van der Waals surface area contributed by atoms with Crippen molar-refractivity contribution in [2.75, 3.05) is 0 Å². The van der Waals surface area contributed by atoms with E-state index in [1.807, 2.05) is 6.07 Å². The zero-order valence-electron chi connectivity index (χ0n) is 18.8. The molecule has 3 N–H and O–H groups in total. The van der Waals surface area contributed by atoms with E-state index < -0.39 is 17.7 Å². The van der Waals surface area contributed by atoms with E-state index >= 15 is 0 Å². The lowest BCUT2D eigenvalue weighted by atomic mass is 9.98. The molecule has 0 bridgehead atoms. The molecule has 2 aromatic heterocycles. The Morgan fingerprint density at radius 3 is 2.74 bits per heavy atom. The first-order valence-electron chi connectivity index (χ1n) is 11.4. The van der Waals surface area contributed by atoms with Crippen LogP contribution in [-0.2, 0) is 17.6 Å². The van der Waals surface area contributed by atoms with Crippen molar-refractivity contribution >= 4 is 16.8 Å². The van der Waals surface area contributed by atoms with E-state index in [0.29, 0.717) is 22.7 Å². The van der Waals surface area contributed by atoms with Crippen LogP contribution in [0.25, 0.3) is 10.9 Å². The molecule has 5 nitrogen and oxygen atoms in total. The number of rotatable bonds is 6. The van der Waals surface area contributed by atoms with Gasteiger partial charge in [0.15, 0.2) is 0 Å². The van der Waals surface area contributed by atoms with Crippen molar-refractivity contribution in [3.63, 3.8) is 0 Å². The fourth-order valence-corrected chi connectivity index (χ4v) is 4.12. The van der Waals surface area contributed by atoms with E-state index in [9.17, 15) is 18.7 Å². The maximum absolute atomic E-state index is 13.9. The number of hydrogen-bond donors (Lipinski definition) is 3. The molecule has 0 aliphatic heterocycles. The minimum Gasteiger partial charge on any atom is -0.508 e. The number of benzene rings is 2. The highest BCUT2D eigenvalue weighted by Crippen LogP contribution is 2.28. The number of phenols is 1. The first-order chi connectivity index (χ1) is 16.9. The SMILES string of the molecule is O=C(Cc1c[nH]c2ccc(O)cc12)NC(Cc1cc(F)cc(F)c1)c1ncccc1C#CC1CC1. The van der Waals surface area contributed by atoms with Crippen LogP contribution in [-0.4, -0.2) is 21.0 Å². The molecule has 1 amide bonds. The van der Waals surface area contributed by atoms with Gasteiger partial charge < -0.3 is 15.4 Å². The second kappa shape index (κ2) is 9.59. The van der Waals surface area contributed by atoms with Crippen LogP contribution in [0.5, 0.6) is 5.75 Å². The summed E-state index contributed by atoms with van der Waals surface area (Å²) in [6, 6.07) is 11.2. The number of aromatic amines is 1. The van der Waals surface area contributed by atoms with E-state index in [4.69, 9.17) is 0 Å². The van der Waals surface area contributed by atoms with Gasteiger partial charge in [-0.1, -0.05) is 11.8 Å². The molecule has 35 heavy (non-hydrogen) atoms. The van der Waals surface area contributed by atoms with Gasteiger partial charge in [0, 0.05) is 40.8 Å². The molecule has 4 aromatic rings. The van der Waals surface area contributed by atoms with Gasteiger partial charge in [0.2, 0.25) is 5.91 Å². The molecule has 0 saturated heterocycles. The summed E-state index contributed by atoms with van der Waals surface area (Å²) in [5.74, 6) is 5.22. The number of aromatic hydroxyl groups is 1. The zero-order chi connectivity index (χ0) is 24.4. The number of fused-ring (bicyclic) bond motifs is 1. The minimum absolute atomic E-state index is 0.0490. The van der Waals surface area contributed by atoms with E-state index in [0.717, 1.165) is 35.4 Å². The molecule has 1 fully saturated rings. The standard InChI is InChI=1S/C28H23F2N3O2/c29-21-10-18(11-22(30)14-21)12-26(28-19(2-1-9-31-28)6-5-17-3-4-17)33-27(35)13-20-16-32-25-8-7-23(34)15-24(20)25/h1-2,7-11,14-17,26,32,34H,3-4,12-13H2,(H,33,35). The highest BCUT2D eigenvalue weighted by Gasteiger charge is 2.22. The monoisotopic (exact) mass is 471 g/mol. The van der Waals surface area contributed by atoms with Crippen molar-refractivity contribution in [1.29, 1.82) is 0 Å². The number of pyridine rings is 1. The molecule has 2 heterocycles. The summed E-state index contributed by atoms with van der Waals surface area (Å²) in [4.78, 5) is 20.7. The molecule has 0 spiro atoms. The number of hydrogen-bond acceptors (Lipinski definition) is 3. The van der Waals surface area contributed by atoms with Crippen LogP contribution in [0, 0.1) is 29.4 Å². The Labute approximate surface area is 201 Å². The maximum Gasteiger partial charge on any atom is 0.225 e. The lowest BCUT2D eigenvalue weighted by molar-refractivity contribution is -0.121. The molecule has 1 atom stereocenters. The Hall–Kier alpha value is -4.18. The van der Waals surface area contributed by atoms with E-state index in [-0.39, 0.29) is 24.5 Å². The van der Waals surface area contributed by atoms with Gasteiger partial charge in [-0.3, -0.25) is 9.78 Å². The highest BCUT2D eigenvalue weighted by atomic mass is 19.1. The fourth-order valence-electron chi connectivity index (χ4n) is 4.12. The van der Waals surface area contributed by atoms with Gasteiger partial charge in [-0.2, -0.15) is 0 Å². The maximum atomic E-state index is 13.9. The molecule has 176 valence electrons. The molecule has 5 rings (SSSR count). The Kier molecular flexibility index (Phi) is 6.19. The van der Waals surface area contributed by atoms with Crippen LogP contribution < -0.4 is 5.32 Å². The molecule has 2 aromatic carbocycles. The summed E-state index contributed by atoms with van der Waals surface area (Å²) in [5, 5.41) is 13.6. The molecule has 1 aliphatic rings. The number of halogens is 2. The van der Waals surface area contributed by atoms with Gasteiger partial charge in [0.05, 0.1) is 18.2 Å². The normalized spacial score (nSPS) is 13.8. The van der Waals surface area contributed by atoms with Crippen LogP contribution in [0.1, 0.15) is 41.3 Å². The average Bonchev–Trinajstić information content (AvgIpc) is 3.57. The largest absolute Gasteiger partial charge is 0.508 e. The fraction of sp³-hybridized carbons (Fsp3) is 0.214. The van der Waals surface area contributed by atoms with Crippen molar-refractivity contribution in [2.45, 2.75) is 31.7 Å². The van der Waals surface area contributed by atoms with Crippen LogP contribution in [0.3, 0.4) is 0 Å². The average molecular weight is 472 g/mol. The quantitative estimate of drug-likeness (QED) is 0.348. The summed E-state index contributed by atoms with van der Waals surface area (Å²) < 4.78 is 27.8. The van der Waals surface area contributed by atoms with E-state index in [2.05, 4.69) is 27.1 Å². The van der Waals surface area contributed by atoms with Crippen molar-refractivity contribution in [3.05, 3.63) is 94.9 Å². The number of aromatic nitrogens is 2. The minimum atomic E-state index is -0.682. The number of phenolic OH excluding ortho intramolecular Hbond substituents is 1. The molecular formula is C28H23F2N3O2. The Bertz CT molecular complexity index is 1440. The van der Waals surface area contributed by atoms with E-state index in [1.54, 1.807) is 36.7 Å². The number of carbonyl (C=O) groups is 1.